The average molecular weight is 316 g/mol. The van der Waals surface area contributed by atoms with Crippen LogP contribution in [0.25, 0.3) is 0 Å². The normalized spacial score (nSPS) is 18.5. The predicted octanol–water partition coefficient (Wildman–Crippen LogP) is 2.94. The van der Waals surface area contributed by atoms with Crippen molar-refractivity contribution in [1.82, 2.24) is 10.3 Å². The third kappa shape index (κ3) is 3.89. The first-order valence-electron chi connectivity index (χ1n) is 8.55. The predicted molar refractivity (Wildman–Crippen MR) is 86.0 cm³/mol. The lowest BCUT2D eigenvalue weighted by Crippen LogP contribution is -2.31. The van der Waals surface area contributed by atoms with Crippen LogP contribution >= 0.6 is 0 Å². The first kappa shape index (κ1) is 16.0. The number of hydrogen-bond acceptors (Lipinski definition) is 4. The highest BCUT2D eigenvalue weighted by Crippen LogP contribution is 2.40. The Kier molecular flexibility index (Phi) is 4.94. The maximum Gasteiger partial charge on any atom is 0.339 e. The molecule has 124 valence electrons. The first-order chi connectivity index (χ1) is 11.2. The lowest BCUT2D eigenvalue weighted by atomic mass is 9.89. The van der Waals surface area contributed by atoms with Gasteiger partial charge >= 0.3 is 5.97 Å². The van der Waals surface area contributed by atoms with E-state index in [1.807, 2.05) is 0 Å². The summed E-state index contributed by atoms with van der Waals surface area (Å²) in [6.45, 7) is 0.427. The number of carbonyl (C=O) groups excluding carboxylic acids is 2. The van der Waals surface area contributed by atoms with E-state index >= 15 is 0 Å². The van der Waals surface area contributed by atoms with Crippen LogP contribution in [-0.4, -0.2) is 24.0 Å². The summed E-state index contributed by atoms with van der Waals surface area (Å²) >= 11 is 0. The summed E-state index contributed by atoms with van der Waals surface area (Å²) in [5, 5.41) is 3.00. The molecule has 2 aliphatic rings. The van der Waals surface area contributed by atoms with Gasteiger partial charge in [0, 0.05) is 11.8 Å². The number of nitrogens with zero attached hydrogens (tertiary/aromatic N) is 1. The molecule has 0 bridgehead atoms. The minimum absolute atomic E-state index is 0.136. The van der Waals surface area contributed by atoms with E-state index in [0.29, 0.717) is 18.0 Å². The number of amides is 1. The van der Waals surface area contributed by atoms with Crippen LogP contribution < -0.4 is 5.32 Å². The lowest BCUT2D eigenvalue weighted by molar-refractivity contribution is -0.126. The number of nitrogens with one attached hydrogen (secondary N) is 1. The van der Waals surface area contributed by atoms with Crippen LogP contribution in [0.3, 0.4) is 0 Å². The van der Waals surface area contributed by atoms with E-state index in [9.17, 15) is 9.59 Å². The Bertz CT molecular complexity index is 590. The van der Waals surface area contributed by atoms with Gasteiger partial charge in [-0.2, -0.15) is 0 Å². The molecule has 1 aromatic rings. The van der Waals surface area contributed by atoms with Crippen LogP contribution in [0.2, 0.25) is 0 Å². The molecule has 0 atom stereocenters. The zero-order valence-corrected chi connectivity index (χ0v) is 13.6. The van der Waals surface area contributed by atoms with E-state index in [1.54, 1.807) is 12.1 Å². The standard InChI is InChI=1S/C18H24N2O3/c1-23-18(22)15-10-9-14(20-16(15)12-7-8-12)11-19-17(21)13-5-3-2-4-6-13/h9-10,12-13H,2-8,11H2,1H3,(H,19,21). The Hall–Kier alpha value is -1.91. The van der Waals surface area contributed by atoms with E-state index in [0.717, 1.165) is 49.9 Å². The van der Waals surface area contributed by atoms with Gasteiger partial charge in [0.1, 0.15) is 0 Å². The van der Waals surface area contributed by atoms with Crippen molar-refractivity contribution in [3.63, 3.8) is 0 Å². The van der Waals surface area contributed by atoms with Crippen molar-refractivity contribution in [3.05, 3.63) is 29.1 Å². The smallest absolute Gasteiger partial charge is 0.339 e. The average Bonchev–Trinajstić information content (AvgIpc) is 3.44. The number of aromatic nitrogens is 1. The monoisotopic (exact) mass is 316 g/mol. The third-order valence-corrected chi connectivity index (χ3v) is 4.77. The number of ether oxygens (including phenoxy) is 1. The SMILES string of the molecule is COC(=O)c1ccc(CNC(=O)C2CCCCC2)nc1C1CC1. The molecule has 2 saturated carbocycles. The minimum atomic E-state index is -0.336. The minimum Gasteiger partial charge on any atom is -0.465 e. The molecule has 5 heteroatoms. The number of carbonyl (C=O) groups is 2. The number of methoxy groups -OCH3 is 1. The number of rotatable bonds is 5. The molecule has 1 aromatic heterocycles. The van der Waals surface area contributed by atoms with E-state index in [4.69, 9.17) is 4.74 Å². The van der Waals surface area contributed by atoms with Gasteiger partial charge in [0.05, 0.1) is 30.6 Å². The fourth-order valence-corrected chi connectivity index (χ4v) is 3.25. The summed E-state index contributed by atoms with van der Waals surface area (Å²) in [6.07, 6.45) is 7.66. The summed E-state index contributed by atoms with van der Waals surface area (Å²) < 4.78 is 4.82. The van der Waals surface area contributed by atoms with Gasteiger partial charge in [-0.05, 0) is 37.8 Å². The van der Waals surface area contributed by atoms with E-state index in [2.05, 4.69) is 10.3 Å². The Balaban J connectivity index is 1.65. The highest BCUT2D eigenvalue weighted by Gasteiger charge is 2.30. The molecule has 0 radical (unpaired) electrons. The van der Waals surface area contributed by atoms with Crippen LogP contribution in [0, 0.1) is 5.92 Å². The van der Waals surface area contributed by atoms with Gasteiger partial charge < -0.3 is 10.1 Å². The Morgan fingerprint density at radius 1 is 1.17 bits per heavy atom. The van der Waals surface area contributed by atoms with Crippen molar-refractivity contribution in [1.29, 1.82) is 0 Å². The van der Waals surface area contributed by atoms with E-state index in [-0.39, 0.29) is 17.8 Å². The van der Waals surface area contributed by atoms with Gasteiger partial charge in [-0.25, -0.2) is 4.79 Å². The van der Waals surface area contributed by atoms with Crippen LogP contribution in [0.5, 0.6) is 0 Å². The molecular weight excluding hydrogens is 292 g/mol. The van der Waals surface area contributed by atoms with Gasteiger partial charge in [-0.15, -0.1) is 0 Å². The largest absolute Gasteiger partial charge is 0.465 e. The maximum atomic E-state index is 12.2. The second-order valence-corrected chi connectivity index (χ2v) is 6.55. The fraction of sp³-hybridized carbons (Fsp3) is 0.611. The van der Waals surface area contributed by atoms with Crippen molar-refractivity contribution in [3.8, 4) is 0 Å². The van der Waals surface area contributed by atoms with Crippen LogP contribution in [0.4, 0.5) is 0 Å². The third-order valence-electron chi connectivity index (χ3n) is 4.77. The van der Waals surface area contributed by atoms with Crippen LogP contribution in [0.1, 0.15) is 72.6 Å². The topological polar surface area (TPSA) is 68.3 Å². The molecule has 0 unspecified atom stereocenters. The van der Waals surface area contributed by atoms with Gasteiger partial charge in [-0.3, -0.25) is 9.78 Å². The molecule has 5 nitrogen and oxygen atoms in total. The summed E-state index contributed by atoms with van der Waals surface area (Å²) in [4.78, 5) is 28.6. The van der Waals surface area contributed by atoms with E-state index < -0.39 is 0 Å². The molecule has 0 saturated heterocycles. The first-order valence-corrected chi connectivity index (χ1v) is 8.55. The molecule has 1 heterocycles. The second kappa shape index (κ2) is 7.11. The molecule has 0 spiro atoms. The lowest BCUT2D eigenvalue weighted by Gasteiger charge is -2.20. The van der Waals surface area contributed by atoms with Gasteiger partial charge in [0.15, 0.2) is 0 Å². The van der Waals surface area contributed by atoms with Crippen molar-refractivity contribution in [2.45, 2.75) is 57.4 Å². The van der Waals surface area contributed by atoms with Gasteiger partial charge in [-0.1, -0.05) is 19.3 Å². The zero-order valence-electron chi connectivity index (χ0n) is 13.6. The molecule has 1 N–H and O–H groups in total. The molecule has 2 fully saturated rings. The molecule has 23 heavy (non-hydrogen) atoms. The maximum absolute atomic E-state index is 12.2. The molecular formula is C18H24N2O3. The molecule has 1 amide bonds. The number of pyridine rings is 1. The Morgan fingerprint density at radius 2 is 1.91 bits per heavy atom. The Labute approximate surface area is 136 Å². The van der Waals surface area contributed by atoms with Crippen molar-refractivity contribution >= 4 is 11.9 Å². The molecule has 0 aromatic carbocycles. The highest BCUT2D eigenvalue weighted by atomic mass is 16.5. The summed E-state index contributed by atoms with van der Waals surface area (Å²) in [5.41, 5.74) is 2.18. The van der Waals surface area contributed by atoms with Gasteiger partial charge in [0.2, 0.25) is 5.91 Å². The highest BCUT2D eigenvalue weighted by molar-refractivity contribution is 5.90. The number of esters is 1. The Morgan fingerprint density at radius 3 is 2.57 bits per heavy atom. The van der Waals surface area contributed by atoms with E-state index in [1.165, 1.54) is 13.5 Å². The van der Waals surface area contributed by atoms with Crippen molar-refractivity contribution in [2.24, 2.45) is 5.92 Å². The van der Waals surface area contributed by atoms with Crippen LogP contribution in [-0.2, 0) is 16.1 Å². The fourth-order valence-electron chi connectivity index (χ4n) is 3.25. The van der Waals surface area contributed by atoms with Crippen molar-refractivity contribution in [2.75, 3.05) is 7.11 Å². The molecule has 0 aliphatic heterocycles. The second-order valence-electron chi connectivity index (χ2n) is 6.55. The molecule has 3 rings (SSSR count). The number of hydrogen-bond donors (Lipinski definition) is 1. The van der Waals surface area contributed by atoms with Gasteiger partial charge in [0.25, 0.3) is 0 Å². The summed E-state index contributed by atoms with van der Waals surface area (Å²) in [6, 6.07) is 3.58. The van der Waals surface area contributed by atoms with Crippen molar-refractivity contribution < 1.29 is 14.3 Å². The van der Waals surface area contributed by atoms with Crippen LogP contribution in [0.15, 0.2) is 12.1 Å². The molecule has 2 aliphatic carbocycles. The summed E-state index contributed by atoms with van der Waals surface area (Å²) in [7, 11) is 1.39. The zero-order chi connectivity index (χ0) is 16.2. The summed E-state index contributed by atoms with van der Waals surface area (Å²) in [5.74, 6) is 0.313. The quantitative estimate of drug-likeness (QED) is 0.848.